The van der Waals surface area contributed by atoms with Gasteiger partial charge in [0, 0.05) is 32.7 Å². The molecule has 0 radical (unpaired) electrons. The highest BCUT2D eigenvalue weighted by Crippen LogP contribution is 2.54. The number of hydrogen-bond acceptors (Lipinski definition) is 3. The van der Waals surface area contributed by atoms with Crippen molar-refractivity contribution in [1.82, 2.24) is 14.1 Å². The van der Waals surface area contributed by atoms with Crippen LogP contribution in [0.4, 0.5) is 0 Å². The molecule has 17 aromatic rings. The van der Waals surface area contributed by atoms with Gasteiger partial charge in [-0.3, -0.25) is 0 Å². The monoisotopic (exact) mass is 1160 g/mol. The molecule has 424 valence electrons. The maximum Gasteiger partial charge on any atom is 0.230 e. The van der Waals surface area contributed by atoms with Gasteiger partial charge in [0.15, 0.2) is 5.58 Å². The lowest BCUT2D eigenvalue weighted by Crippen LogP contribution is -2.11. The van der Waals surface area contributed by atoms with Crippen LogP contribution in [0.1, 0.15) is 5.56 Å². The van der Waals surface area contributed by atoms with Crippen LogP contribution in [0.5, 0.6) is 0 Å². The van der Waals surface area contributed by atoms with Crippen LogP contribution >= 0.6 is 0 Å². The zero-order chi connectivity index (χ0) is 60.4. The number of benzene rings is 14. The Morgan fingerprint density at radius 3 is 1.02 bits per heavy atom. The van der Waals surface area contributed by atoms with Crippen LogP contribution in [0.15, 0.2) is 332 Å². The first-order valence-corrected chi connectivity index (χ1v) is 30.8. The fraction of sp³-hybridized carbons (Fsp3) is 0. The number of nitrogens with zero attached hydrogens (tertiary/aromatic N) is 4. The highest BCUT2D eigenvalue weighted by Gasteiger charge is 2.35. The predicted octanol–water partition coefficient (Wildman–Crippen LogP) is 22.9. The number of fused-ring (bicyclic) bond motifs is 7. The van der Waals surface area contributed by atoms with Crippen molar-refractivity contribution in [2.24, 2.45) is 0 Å². The average molecular weight is 1160 g/mol. The lowest BCUT2D eigenvalue weighted by Gasteiger charge is -2.27. The van der Waals surface area contributed by atoms with Crippen LogP contribution in [0, 0.1) is 11.3 Å². The first-order valence-electron chi connectivity index (χ1n) is 30.8. The summed E-state index contributed by atoms with van der Waals surface area (Å²) in [6.07, 6.45) is 0. The highest BCUT2D eigenvalue weighted by molar-refractivity contribution is 6.16. The Balaban J connectivity index is 1.15. The number of rotatable bonds is 11. The van der Waals surface area contributed by atoms with Gasteiger partial charge in [0.1, 0.15) is 11.6 Å². The largest absolute Gasteiger partial charge is 0.436 e. The van der Waals surface area contributed by atoms with Crippen molar-refractivity contribution in [2.75, 3.05) is 0 Å². The summed E-state index contributed by atoms with van der Waals surface area (Å²) in [4.78, 5) is 5.59. The van der Waals surface area contributed by atoms with Crippen molar-refractivity contribution in [3.8, 4) is 118 Å². The van der Waals surface area contributed by atoms with Gasteiger partial charge >= 0.3 is 0 Å². The molecule has 0 fully saturated rings. The fourth-order valence-corrected chi connectivity index (χ4v) is 13.8. The molecule has 0 atom stereocenters. The number of nitriles is 1. The molecular formula is C86H54N4O. The summed E-state index contributed by atoms with van der Waals surface area (Å²) in [7, 11) is 0. The van der Waals surface area contributed by atoms with Gasteiger partial charge in [-0.2, -0.15) is 5.26 Å². The van der Waals surface area contributed by atoms with Gasteiger partial charge in [0.25, 0.3) is 0 Å². The van der Waals surface area contributed by atoms with E-state index in [0.29, 0.717) is 39.4 Å². The first kappa shape index (κ1) is 52.9. The third kappa shape index (κ3) is 9.12. The Labute approximate surface area is 526 Å². The predicted molar refractivity (Wildman–Crippen MR) is 376 cm³/mol. The van der Waals surface area contributed by atoms with Gasteiger partial charge in [-0.25, -0.2) is 4.98 Å². The van der Waals surface area contributed by atoms with Gasteiger partial charge < -0.3 is 13.6 Å². The average Bonchev–Trinajstić information content (AvgIpc) is 1.66. The first-order chi connectivity index (χ1) is 45.1. The van der Waals surface area contributed by atoms with E-state index in [9.17, 15) is 5.26 Å². The summed E-state index contributed by atoms with van der Waals surface area (Å²) in [5.74, 6) is 0.380. The molecule has 14 aromatic carbocycles. The van der Waals surface area contributed by atoms with Gasteiger partial charge in [-0.05, 0) is 163 Å². The lowest BCUT2D eigenvalue weighted by molar-refractivity contribution is 0.619. The second kappa shape index (κ2) is 22.1. The van der Waals surface area contributed by atoms with Gasteiger partial charge in [-0.15, -0.1) is 0 Å². The van der Waals surface area contributed by atoms with Gasteiger partial charge in [-0.1, -0.05) is 243 Å². The normalized spacial score (nSPS) is 11.5. The molecule has 5 nitrogen and oxygen atoms in total. The van der Waals surface area contributed by atoms with Gasteiger partial charge in [0.2, 0.25) is 5.89 Å². The van der Waals surface area contributed by atoms with Crippen LogP contribution in [0.25, 0.3) is 167 Å². The molecule has 0 spiro atoms. The van der Waals surface area contributed by atoms with Gasteiger partial charge in [0.05, 0.1) is 44.6 Å². The molecule has 0 aliphatic heterocycles. The van der Waals surface area contributed by atoms with E-state index in [1.165, 1.54) is 0 Å². The summed E-state index contributed by atoms with van der Waals surface area (Å²) in [5, 5.41) is 17.4. The summed E-state index contributed by atoms with van der Waals surface area (Å²) in [6, 6.07) is 119. The van der Waals surface area contributed by atoms with Crippen LogP contribution in [0.3, 0.4) is 0 Å². The maximum atomic E-state index is 13.1. The van der Waals surface area contributed by atoms with Crippen LogP contribution in [-0.2, 0) is 0 Å². The zero-order valence-corrected chi connectivity index (χ0v) is 49.4. The van der Waals surface area contributed by atoms with Crippen molar-refractivity contribution in [3.63, 3.8) is 0 Å². The molecule has 5 heteroatoms. The van der Waals surface area contributed by atoms with E-state index in [2.05, 4.69) is 319 Å². The summed E-state index contributed by atoms with van der Waals surface area (Å²) < 4.78 is 12.2. The molecule has 3 aromatic heterocycles. The second-order valence-electron chi connectivity index (χ2n) is 23.3. The summed E-state index contributed by atoms with van der Waals surface area (Å²) in [5.41, 5.74) is 23.7. The third-order valence-electron chi connectivity index (χ3n) is 17.9. The fourth-order valence-electron chi connectivity index (χ4n) is 13.8. The zero-order valence-electron chi connectivity index (χ0n) is 49.4. The Morgan fingerprint density at radius 2 is 0.604 bits per heavy atom. The number of para-hydroxylation sites is 4. The minimum Gasteiger partial charge on any atom is -0.436 e. The van der Waals surface area contributed by atoms with E-state index in [-0.39, 0.29) is 0 Å². The molecule has 0 aliphatic rings. The van der Waals surface area contributed by atoms with Crippen LogP contribution < -0.4 is 0 Å². The Morgan fingerprint density at radius 1 is 0.264 bits per heavy atom. The van der Waals surface area contributed by atoms with Crippen molar-refractivity contribution >= 4 is 54.7 Å². The van der Waals surface area contributed by atoms with E-state index in [0.717, 1.165) is 133 Å². The van der Waals surface area contributed by atoms with Crippen LogP contribution in [0.2, 0.25) is 0 Å². The molecule has 0 N–H and O–H groups in total. The van der Waals surface area contributed by atoms with Crippen LogP contribution in [-0.4, -0.2) is 14.1 Å². The second-order valence-corrected chi connectivity index (χ2v) is 23.3. The highest BCUT2D eigenvalue weighted by atomic mass is 16.3. The van der Waals surface area contributed by atoms with Crippen molar-refractivity contribution in [2.45, 2.75) is 0 Å². The van der Waals surface area contributed by atoms with E-state index >= 15 is 0 Å². The van der Waals surface area contributed by atoms with Crippen molar-refractivity contribution in [1.29, 1.82) is 5.26 Å². The Hall–Kier alpha value is -12.4. The molecule has 17 rings (SSSR count). The molecule has 0 saturated heterocycles. The molecular weight excluding hydrogens is 1100 g/mol. The van der Waals surface area contributed by atoms with E-state index in [1.54, 1.807) is 0 Å². The standard InChI is InChI=1S/C86H54N4O/c87-55-74-81(68-49-64(58-29-11-3-12-30-58)47-65(50-68)59-31-13-4-14-32-59)83(86-88-75-39-21-24-42-80(75)91-86)85(90-77-41-23-20-38-71(77)73-54-63(44-46-79(73)90)57-27-9-2-10-28-57)82(69-51-66(60-33-15-5-16-34-60)48-67(52-69)61-35-17-6-18-36-61)84(74)89-76-40-22-19-37-70(76)72-53-62(43-45-78(72)89)56-25-7-1-8-26-56/h1-54H. The number of oxazole rings is 1. The number of aromatic nitrogens is 3. The SMILES string of the molecule is N#Cc1c(-c2cc(-c3ccccc3)cc(-c3ccccc3)c2)c(-c2nc3ccccc3o2)c(-n2c3ccccc3c3cc(-c4ccccc4)ccc32)c(-c2cc(-c3ccccc3)cc(-c3ccccc3)c2)c1-n1c2ccccc2c2cc(-c3ccccc3)ccc21. The topological polar surface area (TPSA) is 59.7 Å². The molecule has 91 heavy (non-hydrogen) atoms. The summed E-state index contributed by atoms with van der Waals surface area (Å²) in [6.45, 7) is 0. The van der Waals surface area contributed by atoms with E-state index in [4.69, 9.17) is 9.40 Å². The molecule has 0 aliphatic carbocycles. The third-order valence-corrected chi connectivity index (χ3v) is 17.9. The van der Waals surface area contributed by atoms with Crippen molar-refractivity contribution in [3.05, 3.63) is 333 Å². The smallest absolute Gasteiger partial charge is 0.230 e. The lowest BCUT2D eigenvalue weighted by atomic mass is 9.83. The molecule has 0 amide bonds. The minimum atomic E-state index is 0.380. The molecule has 0 saturated carbocycles. The van der Waals surface area contributed by atoms with E-state index < -0.39 is 0 Å². The van der Waals surface area contributed by atoms with Crippen molar-refractivity contribution < 1.29 is 4.42 Å². The minimum absolute atomic E-state index is 0.380. The quantitative estimate of drug-likeness (QED) is 0.130. The number of hydrogen-bond donors (Lipinski definition) is 0. The summed E-state index contributed by atoms with van der Waals surface area (Å²) >= 11 is 0. The maximum absolute atomic E-state index is 13.1. The Kier molecular flexibility index (Phi) is 12.9. The Bertz CT molecular complexity index is 5540. The molecule has 3 heterocycles. The molecule has 0 unspecified atom stereocenters. The van der Waals surface area contributed by atoms with E-state index in [1.807, 2.05) is 24.3 Å². The molecule has 0 bridgehead atoms.